The Hall–Kier alpha value is -2.70. The molecule has 0 spiro atoms. The molecule has 0 aliphatic carbocycles. The quantitative estimate of drug-likeness (QED) is 0.686. The summed E-state index contributed by atoms with van der Waals surface area (Å²) in [5, 5.41) is 6.19. The van der Waals surface area contributed by atoms with Gasteiger partial charge in [0.1, 0.15) is 0 Å². The van der Waals surface area contributed by atoms with E-state index in [-0.39, 0.29) is 29.9 Å². The summed E-state index contributed by atoms with van der Waals surface area (Å²) in [5.74, 6) is 0.0755. The molecule has 0 radical (unpaired) electrons. The molecule has 1 saturated heterocycles. The largest absolute Gasteiger partial charge is 0.353 e. The Morgan fingerprint density at radius 1 is 0.806 bits per heavy atom. The van der Waals surface area contributed by atoms with Crippen LogP contribution in [-0.2, 0) is 9.59 Å². The zero-order chi connectivity index (χ0) is 22.2. The molecule has 6 nitrogen and oxygen atoms in total. The number of benzene rings is 2. The zero-order valence-corrected chi connectivity index (χ0v) is 18.8. The smallest absolute Gasteiger partial charge is 0.237 e. The van der Waals surface area contributed by atoms with Gasteiger partial charge >= 0.3 is 0 Å². The first-order valence-electron chi connectivity index (χ1n) is 11.1. The lowest BCUT2D eigenvalue weighted by molar-refractivity contribution is -0.128. The second-order valence-corrected chi connectivity index (χ2v) is 8.47. The summed E-state index contributed by atoms with van der Waals surface area (Å²) in [6.07, 6.45) is 0. The molecule has 0 unspecified atom stereocenters. The number of amides is 2. The fraction of sp³-hybridized carbons (Fsp3) is 0.440. The fourth-order valence-electron chi connectivity index (χ4n) is 3.96. The molecule has 0 bridgehead atoms. The minimum Gasteiger partial charge on any atom is -0.353 e. The SMILES string of the molecule is CC(C)NC(=O)CN1CCN([C@@H](C)C(=O)NC(c2ccccc2)c2ccccc2)CC1. The lowest BCUT2D eigenvalue weighted by atomic mass is 9.98. The van der Waals surface area contributed by atoms with Crippen molar-refractivity contribution < 1.29 is 9.59 Å². The van der Waals surface area contributed by atoms with Crippen LogP contribution in [0.1, 0.15) is 37.9 Å². The van der Waals surface area contributed by atoms with Gasteiger partial charge in [-0.25, -0.2) is 0 Å². The normalized spacial score (nSPS) is 16.3. The van der Waals surface area contributed by atoms with Crippen molar-refractivity contribution in [2.75, 3.05) is 32.7 Å². The van der Waals surface area contributed by atoms with Crippen molar-refractivity contribution in [3.8, 4) is 0 Å². The fourth-order valence-corrected chi connectivity index (χ4v) is 3.96. The van der Waals surface area contributed by atoms with Gasteiger partial charge in [0.2, 0.25) is 11.8 Å². The van der Waals surface area contributed by atoms with E-state index < -0.39 is 0 Å². The maximum Gasteiger partial charge on any atom is 0.237 e. The third-order valence-corrected chi connectivity index (χ3v) is 5.70. The number of nitrogens with zero attached hydrogens (tertiary/aromatic N) is 2. The summed E-state index contributed by atoms with van der Waals surface area (Å²) in [6, 6.07) is 19.9. The number of hydrogen-bond acceptors (Lipinski definition) is 4. The molecule has 1 fully saturated rings. The summed E-state index contributed by atoms with van der Waals surface area (Å²) in [6.45, 7) is 9.41. The lowest BCUT2D eigenvalue weighted by Gasteiger charge is -2.37. The van der Waals surface area contributed by atoms with Gasteiger partial charge in [0.05, 0.1) is 18.6 Å². The number of piperazine rings is 1. The molecule has 1 atom stereocenters. The van der Waals surface area contributed by atoms with Crippen molar-refractivity contribution in [1.82, 2.24) is 20.4 Å². The minimum atomic E-state index is -0.235. The molecule has 3 rings (SSSR count). The van der Waals surface area contributed by atoms with Crippen LogP contribution in [0.3, 0.4) is 0 Å². The predicted octanol–water partition coefficient (Wildman–Crippen LogP) is 2.42. The maximum atomic E-state index is 13.1. The second-order valence-electron chi connectivity index (χ2n) is 8.47. The first-order chi connectivity index (χ1) is 14.9. The molecule has 6 heteroatoms. The first-order valence-corrected chi connectivity index (χ1v) is 11.1. The summed E-state index contributed by atoms with van der Waals surface area (Å²) in [7, 11) is 0. The van der Waals surface area contributed by atoms with Crippen molar-refractivity contribution in [1.29, 1.82) is 0 Å². The predicted molar refractivity (Wildman–Crippen MR) is 124 cm³/mol. The lowest BCUT2D eigenvalue weighted by Crippen LogP contribution is -2.55. The molecule has 31 heavy (non-hydrogen) atoms. The average molecular weight is 423 g/mol. The summed E-state index contributed by atoms with van der Waals surface area (Å²) >= 11 is 0. The molecule has 2 amide bonds. The Bertz CT molecular complexity index is 794. The number of carbonyl (C=O) groups is 2. The monoisotopic (exact) mass is 422 g/mol. The highest BCUT2D eigenvalue weighted by atomic mass is 16.2. The van der Waals surface area contributed by atoms with Gasteiger partial charge in [0.15, 0.2) is 0 Å². The molecule has 2 aromatic carbocycles. The van der Waals surface area contributed by atoms with E-state index in [1.807, 2.05) is 81.4 Å². The molecule has 1 heterocycles. The second kappa shape index (κ2) is 11.1. The molecule has 1 aliphatic rings. The van der Waals surface area contributed by atoms with Crippen LogP contribution >= 0.6 is 0 Å². The van der Waals surface area contributed by atoms with E-state index in [2.05, 4.69) is 20.4 Å². The van der Waals surface area contributed by atoms with Gasteiger partial charge in [-0.15, -0.1) is 0 Å². The molecular weight excluding hydrogens is 388 g/mol. The van der Waals surface area contributed by atoms with Crippen molar-refractivity contribution in [3.05, 3.63) is 71.8 Å². The average Bonchev–Trinajstić information content (AvgIpc) is 2.78. The van der Waals surface area contributed by atoms with Crippen LogP contribution in [-0.4, -0.2) is 66.4 Å². The van der Waals surface area contributed by atoms with Crippen molar-refractivity contribution in [3.63, 3.8) is 0 Å². The van der Waals surface area contributed by atoms with E-state index in [9.17, 15) is 9.59 Å². The van der Waals surface area contributed by atoms with Crippen molar-refractivity contribution >= 4 is 11.8 Å². The Labute approximate surface area is 185 Å². The van der Waals surface area contributed by atoms with Crippen LogP contribution in [0.4, 0.5) is 0 Å². The van der Waals surface area contributed by atoms with E-state index in [4.69, 9.17) is 0 Å². The topological polar surface area (TPSA) is 64.7 Å². The summed E-state index contributed by atoms with van der Waals surface area (Å²) < 4.78 is 0. The van der Waals surface area contributed by atoms with E-state index in [0.717, 1.165) is 37.3 Å². The van der Waals surface area contributed by atoms with Crippen LogP contribution in [0, 0.1) is 0 Å². The van der Waals surface area contributed by atoms with E-state index in [1.54, 1.807) is 0 Å². The third kappa shape index (κ3) is 6.64. The zero-order valence-electron chi connectivity index (χ0n) is 18.8. The van der Waals surface area contributed by atoms with Crippen LogP contribution in [0.25, 0.3) is 0 Å². The number of rotatable bonds is 8. The summed E-state index contributed by atoms with van der Waals surface area (Å²) in [5.41, 5.74) is 2.13. The van der Waals surface area contributed by atoms with Crippen LogP contribution in [0.5, 0.6) is 0 Å². The Morgan fingerprint density at radius 2 is 1.32 bits per heavy atom. The molecule has 0 aromatic heterocycles. The van der Waals surface area contributed by atoms with E-state index in [1.165, 1.54) is 0 Å². The Balaban J connectivity index is 1.58. The van der Waals surface area contributed by atoms with Crippen LogP contribution in [0.15, 0.2) is 60.7 Å². The molecule has 166 valence electrons. The third-order valence-electron chi connectivity index (χ3n) is 5.70. The van der Waals surface area contributed by atoms with Gasteiger partial charge in [-0.2, -0.15) is 0 Å². The minimum absolute atomic E-state index is 0.0173. The molecule has 2 N–H and O–H groups in total. The maximum absolute atomic E-state index is 13.1. The van der Waals surface area contributed by atoms with Gasteiger partial charge < -0.3 is 10.6 Å². The first kappa shape index (κ1) is 23.0. The van der Waals surface area contributed by atoms with E-state index >= 15 is 0 Å². The Kier molecular flexibility index (Phi) is 8.20. The van der Waals surface area contributed by atoms with Crippen LogP contribution < -0.4 is 10.6 Å². The van der Waals surface area contributed by atoms with Gasteiger partial charge in [-0.1, -0.05) is 60.7 Å². The van der Waals surface area contributed by atoms with Crippen molar-refractivity contribution in [2.24, 2.45) is 0 Å². The van der Waals surface area contributed by atoms with Crippen molar-refractivity contribution in [2.45, 2.75) is 38.9 Å². The molecular formula is C25H34N4O2. The molecule has 2 aromatic rings. The number of nitrogens with one attached hydrogen (secondary N) is 2. The highest BCUT2D eigenvalue weighted by Gasteiger charge is 2.28. The summed E-state index contributed by atoms with van der Waals surface area (Å²) in [4.78, 5) is 29.5. The van der Waals surface area contributed by atoms with E-state index in [0.29, 0.717) is 6.54 Å². The molecule has 1 aliphatic heterocycles. The standard InChI is InChI=1S/C25H34N4O2/c1-19(2)26-23(30)18-28-14-16-29(17-15-28)20(3)25(31)27-24(21-10-6-4-7-11-21)22-12-8-5-9-13-22/h4-13,19-20,24H,14-18H2,1-3H3,(H,26,30)(H,27,31)/t20-/m0/s1. The van der Waals surface area contributed by atoms with Gasteiger partial charge in [0.25, 0.3) is 0 Å². The number of carbonyl (C=O) groups excluding carboxylic acids is 2. The van der Waals surface area contributed by atoms with Gasteiger partial charge in [0, 0.05) is 32.2 Å². The Morgan fingerprint density at radius 3 is 1.81 bits per heavy atom. The van der Waals surface area contributed by atoms with Crippen LogP contribution in [0.2, 0.25) is 0 Å². The van der Waals surface area contributed by atoms with Gasteiger partial charge in [-0.05, 0) is 31.9 Å². The van der Waals surface area contributed by atoms with Gasteiger partial charge in [-0.3, -0.25) is 19.4 Å². The molecule has 0 saturated carbocycles. The number of hydrogen-bond donors (Lipinski definition) is 2. The highest BCUT2D eigenvalue weighted by molar-refractivity contribution is 5.82. The highest BCUT2D eigenvalue weighted by Crippen LogP contribution is 2.22.